The molecule has 0 aliphatic rings. The number of hydrogen-bond donors (Lipinski definition) is 0. The minimum Gasteiger partial charge on any atom is -0.492 e. The van der Waals surface area contributed by atoms with Crippen molar-refractivity contribution in [3.05, 3.63) is 107 Å². The highest BCUT2D eigenvalue weighted by atomic mass is 19.1. The summed E-state index contributed by atoms with van der Waals surface area (Å²) in [4.78, 5) is 4.44. The zero-order valence-corrected chi connectivity index (χ0v) is 17.6. The van der Waals surface area contributed by atoms with Crippen molar-refractivity contribution in [3.8, 4) is 5.75 Å². The van der Waals surface area contributed by atoms with Crippen LogP contribution in [0.1, 0.15) is 29.3 Å². The van der Waals surface area contributed by atoms with Crippen molar-refractivity contribution in [2.45, 2.75) is 32.6 Å². The highest BCUT2D eigenvalue weighted by Gasteiger charge is 2.09. The number of hydrogen-bond acceptors (Lipinski definition) is 2. The summed E-state index contributed by atoms with van der Waals surface area (Å²) >= 11 is 0. The maximum absolute atomic E-state index is 15.0. The Morgan fingerprint density at radius 3 is 2.29 bits per heavy atom. The second-order valence-corrected chi connectivity index (χ2v) is 7.64. The van der Waals surface area contributed by atoms with Gasteiger partial charge >= 0.3 is 0 Å². The first kappa shape index (κ1) is 21.0. The molecule has 0 saturated heterocycles. The van der Waals surface area contributed by atoms with Crippen LogP contribution in [0.3, 0.4) is 0 Å². The third-order valence-electron chi connectivity index (χ3n) is 5.47. The lowest BCUT2D eigenvalue weighted by Gasteiger charge is -2.09. The molecule has 3 aromatic carbocycles. The molecule has 1 heterocycles. The lowest BCUT2D eigenvalue weighted by Crippen LogP contribution is -1.98. The number of benzene rings is 3. The zero-order chi connectivity index (χ0) is 21.6. The molecule has 0 amide bonds. The number of nitrogens with zero attached hydrogens (tertiary/aromatic N) is 1. The lowest BCUT2D eigenvalue weighted by molar-refractivity contribution is 0.338. The van der Waals surface area contributed by atoms with Crippen LogP contribution in [0.2, 0.25) is 0 Å². The third-order valence-corrected chi connectivity index (χ3v) is 5.47. The van der Waals surface area contributed by atoms with Gasteiger partial charge in [-0.05, 0) is 78.9 Å². The van der Waals surface area contributed by atoms with Crippen LogP contribution in [0.15, 0.2) is 72.9 Å². The van der Waals surface area contributed by atoms with E-state index in [1.54, 1.807) is 18.3 Å². The Balaban J connectivity index is 1.43. The molecular formula is C27H25F2NO. The molecule has 0 N–H and O–H groups in total. The van der Waals surface area contributed by atoms with E-state index in [4.69, 9.17) is 4.74 Å². The van der Waals surface area contributed by atoms with Gasteiger partial charge in [-0.3, -0.25) is 4.98 Å². The zero-order valence-electron chi connectivity index (χ0n) is 17.6. The van der Waals surface area contributed by atoms with Gasteiger partial charge in [0.1, 0.15) is 17.4 Å². The van der Waals surface area contributed by atoms with Crippen molar-refractivity contribution in [1.82, 2.24) is 4.98 Å². The molecule has 0 saturated carbocycles. The van der Waals surface area contributed by atoms with Crippen molar-refractivity contribution in [3.63, 3.8) is 0 Å². The Morgan fingerprint density at radius 1 is 0.774 bits per heavy atom. The minimum absolute atomic E-state index is 0.167. The van der Waals surface area contributed by atoms with Crippen LogP contribution in [0, 0.1) is 11.6 Å². The average molecular weight is 417 g/mol. The molecule has 0 aliphatic heterocycles. The van der Waals surface area contributed by atoms with E-state index in [-0.39, 0.29) is 11.6 Å². The number of halogens is 2. The largest absolute Gasteiger partial charge is 0.492 e. The first-order valence-corrected chi connectivity index (χ1v) is 10.6. The number of aromatic nitrogens is 1. The molecule has 4 rings (SSSR count). The fourth-order valence-corrected chi connectivity index (χ4v) is 3.75. The minimum atomic E-state index is -0.255. The van der Waals surface area contributed by atoms with E-state index in [2.05, 4.69) is 11.1 Å². The van der Waals surface area contributed by atoms with Gasteiger partial charge in [-0.1, -0.05) is 42.5 Å². The molecule has 0 radical (unpaired) electrons. The monoisotopic (exact) mass is 417 g/mol. The first-order valence-electron chi connectivity index (χ1n) is 10.6. The first-order chi connectivity index (χ1) is 15.1. The molecule has 4 heteroatoms. The molecular weight excluding hydrogens is 392 g/mol. The third kappa shape index (κ3) is 5.26. The fourth-order valence-electron chi connectivity index (χ4n) is 3.75. The predicted octanol–water partition coefficient (Wildman–Crippen LogP) is 6.48. The molecule has 31 heavy (non-hydrogen) atoms. The molecule has 0 spiro atoms. The van der Waals surface area contributed by atoms with Crippen molar-refractivity contribution >= 4 is 10.8 Å². The van der Waals surface area contributed by atoms with Gasteiger partial charge in [0.15, 0.2) is 0 Å². The molecule has 0 unspecified atom stereocenters. The van der Waals surface area contributed by atoms with Crippen molar-refractivity contribution in [1.29, 1.82) is 0 Å². The summed E-state index contributed by atoms with van der Waals surface area (Å²) in [5.41, 5.74) is 3.84. The van der Waals surface area contributed by atoms with Crippen LogP contribution in [-0.2, 0) is 25.7 Å². The summed E-state index contributed by atoms with van der Waals surface area (Å²) in [6.45, 7) is 2.58. The molecule has 0 aliphatic carbocycles. The van der Waals surface area contributed by atoms with Gasteiger partial charge in [-0.25, -0.2) is 8.78 Å². The highest BCUT2D eigenvalue weighted by Crippen LogP contribution is 2.24. The Kier molecular flexibility index (Phi) is 6.56. The maximum Gasteiger partial charge on any atom is 0.137 e. The van der Waals surface area contributed by atoms with E-state index < -0.39 is 0 Å². The lowest BCUT2D eigenvalue weighted by atomic mass is 9.98. The quantitative estimate of drug-likeness (QED) is 0.327. The Bertz CT molecular complexity index is 1150. The summed E-state index contributed by atoms with van der Waals surface area (Å²) < 4.78 is 33.5. The number of fused-ring (bicyclic) bond motifs is 1. The predicted molar refractivity (Wildman–Crippen MR) is 121 cm³/mol. The molecule has 158 valence electrons. The topological polar surface area (TPSA) is 22.1 Å². The summed E-state index contributed by atoms with van der Waals surface area (Å²) in [6, 6.07) is 20.1. The Labute approximate surface area is 181 Å². The van der Waals surface area contributed by atoms with Crippen LogP contribution < -0.4 is 4.74 Å². The molecule has 4 aromatic rings. The van der Waals surface area contributed by atoms with E-state index in [0.29, 0.717) is 30.4 Å². The molecule has 1 aromatic heterocycles. The summed E-state index contributed by atoms with van der Waals surface area (Å²) in [7, 11) is 0. The summed E-state index contributed by atoms with van der Waals surface area (Å²) in [6.07, 6.45) is 4.66. The van der Waals surface area contributed by atoms with E-state index in [1.807, 2.05) is 43.3 Å². The van der Waals surface area contributed by atoms with Crippen molar-refractivity contribution in [2.75, 3.05) is 6.61 Å². The van der Waals surface area contributed by atoms with Crippen LogP contribution >= 0.6 is 0 Å². The van der Waals surface area contributed by atoms with Gasteiger partial charge in [0, 0.05) is 11.1 Å². The van der Waals surface area contributed by atoms with Crippen LogP contribution in [-0.4, -0.2) is 11.6 Å². The number of aryl methyl sites for hydroxylation is 4. The smallest absolute Gasteiger partial charge is 0.137 e. The molecule has 0 atom stereocenters. The van der Waals surface area contributed by atoms with Crippen molar-refractivity contribution < 1.29 is 13.5 Å². The molecule has 2 nitrogen and oxygen atoms in total. The average Bonchev–Trinajstić information content (AvgIpc) is 2.79. The van der Waals surface area contributed by atoms with Crippen LogP contribution in [0.25, 0.3) is 10.8 Å². The second kappa shape index (κ2) is 9.69. The molecule has 0 bridgehead atoms. The van der Waals surface area contributed by atoms with Crippen molar-refractivity contribution in [2.24, 2.45) is 0 Å². The van der Waals surface area contributed by atoms with Crippen LogP contribution in [0.4, 0.5) is 8.78 Å². The van der Waals surface area contributed by atoms with E-state index in [1.165, 1.54) is 12.1 Å². The van der Waals surface area contributed by atoms with Gasteiger partial charge < -0.3 is 4.74 Å². The van der Waals surface area contributed by atoms with E-state index >= 15 is 4.39 Å². The fraction of sp³-hybridized carbons (Fsp3) is 0.222. The number of pyridine rings is 1. The Hall–Kier alpha value is -3.27. The van der Waals surface area contributed by atoms with Gasteiger partial charge in [-0.15, -0.1) is 0 Å². The summed E-state index contributed by atoms with van der Waals surface area (Å²) in [5.74, 6) is 0.358. The van der Waals surface area contributed by atoms with Gasteiger partial charge in [0.05, 0.1) is 12.8 Å². The van der Waals surface area contributed by atoms with Gasteiger partial charge in [-0.2, -0.15) is 0 Å². The normalized spacial score (nSPS) is 11.1. The van der Waals surface area contributed by atoms with E-state index in [9.17, 15) is 4.39 Å². The number of rotatable bonds is 8. The molecule has 0 fully saturated rings. The van der Waals surface area contributed by atoms with Gasteiger partial charge in [0.25, 0.3) is 0 Å². The standard InChI is InChI=1S/C27H25F2NO/c1-2-31-25-15-14-24(30-18-25)13-6-20-7-16-26-22(17-20)10-9-21(27(26)29)8-3-19-4-11-23(28)12-5-19/h4-5,7,9-12,14-18H,2-3,6,8,13H2,1H3. The van der Waals surface area contributed by atoms with Crippen LogP contribution in [0.5, 0.6) is 5.75 Å². The summed E-state index contributed by atoms with van der Waals surface area (Å²) in [5, 5.41) is 1.54. The number of ether oxygens (including phenoxy) is 1. The maximum atomic E-state index is 15.0. The second-order valence-electron chi connectivity index (χ2n) is 7.64. The SMILES string of the molecule is CCOc1ccc(CCc2ccc3c(F)c(CCc4ccc(F)cc4)ccc3c2)nc1. The highest BCUT2D eigenvalue weighted by molar-refractivity contribution is 5.84. The Morgan fingerprint density at radius 2 is 1.55 bits per heavy atom. The van der Waals surface area contributed by atoms with Gasteiger partial charge in [0.2, 0.25) is 0 Å². The van der Waals surface area contributed by atoms with E-state index in [0.717, 1.165) is 40.8 Å².